The predicted molar refractivity (Wildman–Crippen MR) is 90.1 cm³/mol. The Morgan fingerprint density at radius 1 is 1.50 bits per heavy atom. The second-order valence-electron chi connectivity index (χ2n) is 6.28. The molecule has 3 heterocycles. The normalized spacial score (nSPS) is 20.6. The molecule has 0 spiro atoms. The molecule has 1 amide bonds. The van der Waals surface area contributed by atoms with E-state index in [2.05, 4.69) is 24.9 Å². The molecular formula is C15H20N6O2S. The molecule has 1 fully saturated rings. The number of anilines is 1. The molecule has 8 nitrogen and oxygen atoms in total. The summed E-state index contributed by atoms with van der Waals surface area (Å²) in [7, 11) is 0. The molecule has 3 rings (SSSR count). The summed E-state index contributed by atoms with van der Waals surface area (Å²) in [5, 5.41) is 17.5. The van der Waals surface area contributed by atoms with Gasteiger partial charge < -0.3 is 15.3 Å². The first-order valence-corrected chi connectivity index (χ1v) is 8.60. The van der Waals surface area contributed by atoms with E-state index in [1.807, 2.05) is 18.7 Å². The molecule has 1 atom stereocenters. The number of carbonyl (C=O) groups is 1. The van der Waals surface area contributed by atoms with E-state index < -0.39 is 5.60 Å². The van der Waals surface area contributed by atoms with Crippen LogP contribution in [0, 0.1) is 0 Å². The lowest BCUT2D eigenvalue weighted by Gasteiger charge is -2.24. The smallest absolute Gasteiger partial charge is 0.265 e. The van der Waals surface area contributed by atoms with E-state index in [-0.39, 0.29) is 18.4 Å². The van der Waals surface area contributed by atoms with E-state index in [0.29, 0.717) is 30.1 Å². The average molecular weight is 348 g/mol. The molecule has 0 saturated carbocycles. The van der Waals surface area contributed by atoms with Crippen molar-refractivity contribution >= 4 is 23.3 Å². The minimum absolute atomic E-state index is 0.131. The summed E-state index contributed by atoms with van der Waals surface area (Å²) in [6.45, 7) is 5.19. The van der Waals surface area contributed by atoms with Gasteiger partial charge in [-0.1, -0.05) is 18.3 Å². The van der Waals surface area contributed by atoms with Gasteiger partial charge in [-0.05, 0) is 23.9 Å². The van der Waals surface area contributed by atoms with Gasteiger partial charge in [0.15, 0.2) is 0 Å². The van der Waals surface area contributed by atoms with E-state index in [1.54, 1.807) is 18.6 Å². The second kappa shape index (κ2) is 6.78. The number of β-amino-alcohol motifs (C(OH)–C–C–N with tert-alkyl or cyclic N) is 1. The van der Waals surface area contributed by atoms with Gasteiger partial charge in [0.05, 0.1) is 11.9 Å². The molecule has 1 aliphatic rings. The Morgan fingerprint density at radius 3 is 3.04 bits per heavy atom. The van der Waals surface area contributed by atoms with Crippen molar-refractivity contribution in [1.29, 1.82) is 0 Å². The van der Waals surface area contributed by atoms with Crippen LogP contribution in [-0.4, -0.2) is 55.8 Å². The van der Waals surface area contributed by atoms with Crippen molar-refractivity contribution in [3.8, 4) is 0 Å². The van der Waals surface area contributed by atoms with E-state index in [9.17, 15) is 9.90 Å². The number of aromatic nitrogens is 4. The number of nitrogens with zero attached hydrogens (tertiary/aromatic N) is 5. The molecule has 0 bridgehead atoms. The topological polar surface area (TPSA) is 104 Å². The SMILES string of the molecule is CC(C)c1nnsc1C(=O)NC[C@@]1(O)CCN(c2cnccn2)C1. The summed E-state index contributed by atoms with van der Waals surface area (Å²) in [6, 6.07) is 0. The first-order valence-electron chi connectivity index (χ1n) is 7.82. The summed E-state index contributed by atoms with van der Waals surface area (Å²) in [5.41, 5.74) is -0.291. The summed E-state index contributed by atoms with van der Waals surface area (Å²) in [5.74, 6) is 0.625. The van der Waals surface area contributed by atoms with Crippen molar-refractivity contribution < 1.29 is 9.90 Å². The lowest BCUT2D eigenvalue weighted by atomic mass is 10.0. The Bertz CT molecular complexity index is 707. The third-order valence-electron chi connectivity index (χ3n) is 4.05. The van der Waals surface area contributed by atoms with Gasteiger partial charge in [-0.25, -0.2) is 4.98 Å². The highest BCUT2D eigenvalue weighted by Crippen LogP contribution is 2.25. The average Bonchev–Trinajstić information content (AvgIpc) is 3.21. The molecule has 2 aromatic rings. The Morgan fingerprint density at radius 2 is 2.33 bits per heavy atom. The highest BCUT2D eigenvalue weighted by molar-refractivity contribution is 7.08. The molecule has 2 N–H and O–H groups in total. The van der Waals surface area contributed by atoms with Crippen molar-refractivity contribution in [1.82, 2.24) is 24.9 Å². The van der Waals surface area contributed by atoms with Gasteiger partial charge in [0, 0.05) is 32.0 Å². The van der Waals surface area contributed by atoms with E-state index >= 15 is 0 Å². The largest absolute Gasteiger partial charge is 0.386 e. The van der Waals surface area contributed by atoms with E-state index in [1.165, 1.54) is 0 Å². The number of nitrogens with one attached hydrogen (secondary N) is 1. The molecule has 0 radical (unpaired) electrons. The third kappa shape index (κ3) is 3.51. The highest BCUT2D eigenvalue weighted by Gasteiger charge is 2.37. The van der Waals surface area contributed by atoms with Gasteiger partial charge in [-0.2, -0.15) is 0 Å². The predicted octanol–water partition coefficient (Wildman–Crippen LogP) is 0.823. The number of amides is 1. The van der Waals surface area contributed by atoms with Crippen molar-refractivity contribution in [2.24, 2.45) is 0 Å². The van der Waals surface area contributed by atoms with Crippen molar-refractivity contribution in [3.63, 3.8) is 0 Å². The molecule has 24 heavy (non-hydrogen) atoms. The maximum Gasteiger partial charge on any atom is 0.265 e. The molecule has 128 valence electrons. The lowest BCUT2D eigenvalue weighted by Crippen LogP contribution is -2.45. The number of aliphatic hydroxyl groups is 1. The van der Waals surface area contributed by atoms with Gasteiger partial charge in [0.1, 0.15) is 16.3 Å². The highest BCUT2D eigenvalue weighted by atomic mass is 32.1. The van der Waals surface area contributed by atoms with Crippen LogP contribution >= 0.6 is 11.5 Å². The van der Waals surface area contributed by atoms with Crippen LogP contribution in [0.2, 0.25) is 0 Å². The van der Waals surface area contributed by atoms with Crippen LogP contribution in [0.5, 0.6) is 0 Å². The zero-order chi connectivity index (χ0) is 17.2. The first-order chi connectivity index (χ1) is 11.5. The van der Waals surface area contributed by atoms with Gasteiger partial charge in [-0.3, -0.25) is 9.78 Å². The maximum absolute atomic E-state index is 12.4. The summed E-state index contributed by atoms with van der Waals surface area (Å²) in [4.78, 5) is 23.1. The molecule has 2 aromatic heterocycles. The number of rotatable bonds is 5. The molecule has 1 saturated heterocycles. The van der Waals surface area contributed by atoms with Crippen LogP contribution in [0.1, 0.15) is 41.6 Å². The monoisotopic (exact) mass is 348 g/mol. The van der Waals surface area contributed by atoms with Gasteiger partial charge >= 0.3 is 0 Å². The zero-order valence-electron chi connectivity index (χ0n) is 13.6. The molecule has 0 aliphatic carbocycles. The molecular weight excluding hydrogens is 328 g/mol. The van der Waals surface area contributed by atoms with Crippen LogP contribution in [0.15, 0.2) is 18.6 Å². The zero-order valence-corrected chi connectivity index (χ0v) is 14.5. The fourth-order valence-electron chi connectivity index (χ4n) is 2.71. The van der Waals surface area contributed by atoms with Gasteiger partial charge in [-0.15, -0.1) is 5.10 Å². The molecule has 0 aromatic carbocycles. The second-order valence-corrected chi connectivity index (χ2v) is 7.04. The fraction of sp³-hybridized carbons (Fsp3) is 0.533. The Balaban J connectivity index is 1.60. The van der Waals surface area contributed by atoms with E-state index in [4.69, 9.17) is 0 Å². The van der Waals surface area contributed by atoms with Crippen LogP contribution in [0.3, 0.4) is 0 Å². The van der Waals surface area contributed by atoms with Crippen LogP contribution in [0.4, 0.5) is 5.82 Å². The Kier molecular flexibility index (Phi) is 4.72. The minimum Gasteiger partial charge on any atom is -0.386 e. The van der Waals surface area contributed by atoms with Crippen molar-refractivity contribution in [2.45, 2.75) is 31.8 Å². The maximum atomic E-state index is 12.4. The summed E-state index contributed by atoms with van der Waals surface area (Å²) in [6.07, 6.45) is 5.46. The van der Waals surface area contributed by atoms with Gasteiger partial charge in [0.25, 0.3) is 5.91 Å². The number of hydrogen-bond donors (Lipinski definition) is 2. The van der Waals surface area contributed by atoms with Gasteiger partial charge in [0.2, 0.25) is 0 Å². The summed E-state index contributed by atoms with van der Waals surface area (Å²) >= 11 is 1.08. The molecule has 0 unspecified atom stereocenters. The number of carbonyl (C=O) groups excluding carboxylic acids is 1. The van der Waals surface area contributed by atoms with Crippen LogP contribution < -0.4 is 10.2 Å². The lowest BCUT2D eigenvalue weighted by molar-refractivity contribution is 0.0576. The number of hydrogen-bond acceptors (Lipinski definition) is 8. The fourth-order valence-corrected chi connectivity index (χ4v) is 3.44. The van der Waals surface area contributed by atoms with Crippen molar-refractivity contribution in [3.05, 3.63) is 29.2 Å². The Labute approximate surface area is 144 Å². The summed E-state index contributed by atoms with van der Waals surface area (Å²) < 4.78 is 3.86. The first kappa shape index (κ1) is 16.7. The molecule has 1 aliphatic heterocycles. The molecule has 9 heteroatoms. The van der Waals surface area contributed by atoms with Crippen LogP contribution in [-0.2, 0) is 0 Å². The third-order valence-corrected chi connectivity index (χ3v) is 4.79. The Hall–Kier alpha value is -2.13. The minimum atomic E-state index is -0.983. The quantitative estimate of drug-likeness (QED) is 0.824. The van der Waals surface area contributed by atoms with Crippen LogP contribution in [0.25, 0.3) is 0 Å². The van der Waals surface area contributed by atoms with Crippen molar-refractivity contribution in [2.75, 3.05) is 24.5 Å². The standard InChI is InChI=1S/C15H20N6O2S/c1-10(2)12-13(24-20-19-12)14(22)18-8-15(23)3-6-21(9-15)11-7-16-4-5-17-11/h4-5,7,10,23H,3,6,8-9H2,1-2H3,(H,18,22)/t15-/m0/s1. The van der Waals surface area contributed by atoms with E-state index in [0.717, 1.165) is 17.4 Å².